The minimum atomic E-state index is 0.538. The Morgan fingerprint density at radius 1 is 1.08 bits per heavy atom. The molecule has 0 radical (unpaired) electrons. The predicted molar refractivity (Wildman–Crippen MR) is 107 cm³/mol. The third-order valence-electron chi connectivity index (χ3n) is 5.57. The van der Waals surface area contributed by atoms with Crippen LogP contribution in [0.15, 0.2) is 17.8 Å². The lowest BCUT2D eigenvalue weighted by Gasteiger charge is -2.31. The molecule has 0 aromatic carbocycles. The molecule has 6 nitrogen and oxygen atoms in total. The van der Waals surface area contributed by atoms with Crippen molar-refractivity contribution in [1.82, 2.24) is 19.9 Å². The van der Waals surface area contributed by atoms with Crippen LogP contribution in [0, 0.1) is 0 Å². The Morgan fingerprint density at radius 2 is 1.88 bits per heavy atom. The number of piperidine rings is 1. The highest BCUT2D eigenvalue weighted by molar-refractivity contribution is 7.13. The molecule has 1 aliphatic heterocycles. The molecule has 140 valence electrons. The number of hydrogen-bond acceptors (Lipinski definition) is 7. The van der Waals surface area contributed by atoms with Crippen molar-refractivity contribution in [2.45, 2.75) is 56.9 Å². The van der Waals surface area contributed by atoms with E-state index in [-0.39, 0.29) is 0 Å². The first-order valence-corrected chi connectivity index (χ1v) is 10.6. The molecule has 2 aromatic rings. The van der Waals surface area contributed by atoms with Crippen molar-refractivity contribution >= 4 is 28.2 Å². The molecule has 1 saturated heterocycles. The van der Waals surface area contributed by atoms with Crippen LogP contribution in [-0.4, -0.2) is 46.0 Å². The molecule has 2 N–H and O–H groups in total. The molecular formula is C19H28N6S. The van der Waals surface area contributed by atoms with Crippen LogP contribution in [0.3, 0.4) is 0 Å². The topological polar surface area (TPSA) is 66.0 Å². The summed E-state index contributed by atoms with van der Waals surface area (Å²) < 4.78 is 0. The van der Waals surface area contributed by atoms with Crippen LogP contribution in [0.1, 0.15) is 56.4 Å². The Kier molecular flexibility index (Phi) is 5.65. The van der Waals surface area contributed by atoms with Gasteiger partial charge in [0.05, 0.1) is 0 Å². The van der Waals surface area contributed by atoms with E-state index in [0.717, 1.165) is 24.0 Å². The second kappa shape index (κ2) is 8.31. The van der Waals surface area contributed by atoms with Gasteiger partial charge in [-0.2, -0.15) is 4.98 Å². The normalized spacial score (nSPS) is 20.2. The maximum atomic E-state index is 4.86. The fraction of sp³-hybridized carbons (Fsp3) is 0.632. The average Bonchev–Trinajstić information content (AvgIpc) is 3.17. The number of anilines is 3. The summed E-state index contributed by atoms with van der Waals surface area (Å²) in [5.41, 5.74) is 1.29. The lowest BCUT2D eigenvalue weighted by molar-refractivity contribution is 0.255. The van der Waals surface area contributed by atoms with Crippen molar-refractivity contribution in [1.29, 1.82) is 0 Å². The molecule has 0 unspecified atom stereocenters. The van der Waals surface area contributed by atoms with Gasteiger partial charge in [0, 0.05) is 29.4 Å². The van der Waals surface area contributed by atoms with E-state index in [2.05, 4.69) is 32.5 Å². The van der Waals surface area contributed by atoms with Crippen LogP contribution in [0.5, 0.6) is 0 Å². The highest BCUT2D eigenvalue weighted by atomic mass is 32.1. The number of aromatic nitrogens is 3. The van der Waals surface area contributed by atoms with Crippen molar-refractivity contribution in [3.05, 3.63) is 23.3 Å². The lowest BCUT2D eigenvalue weighted by atomic mass is 9.90. The van der Waals surface area contributed by atoms with Crippen molar-refractivity contribution in [2.24, 2.45) is 0 Å². The highest BCUT2D eigenvalue weighted by Crippen LogP contribution is 2.33. The Hall–Kier alpha value is -1.73. The minimum absolute atomic E-state index is 0.538. The molecule has 7 heteroatoms. The molecular weight excluding hydrogens is 344 g/mol. The van der Waals surface area contributed by atoms with Crippen molar-refractivity contribution in [3.63, 3.8) is 0 Å². The first-order valence-electron chi connectivity index (χ1n) is 9.76. The number of rotatable bonds is 5. The maximum absolute atomic E-state index is 4.86. The Bertz CT molecular complexity index is 690. The number of thiazole rings is 1. The number of nitrogens with one attached hydrogen (secondary N) is 2. The quantitative estimate of drug-likeness (QED) is 0.819. The second-order valence-corrected chi connectivity index (χ2v) is 8.41. The molecule has 2 aliphatic rings. The largest absolute Gasteiger partial charge is 0.367 e. The fourth-order valence-electron chi connectivity index (χ4n) is 4.01. The zero-order chi connectivity index (χ0) is 17.8. The molecule has 2 fully saturated rings. The second-order valence-electron chi connectivity index (χ2n) is 7.52. The van der Waals surface area contributed by atoms with Crippen LogP contribution >= 0.6 is 11.3 Å². The highest BCUT2D eigenvalue weighted by Gasteiger charge is 2.24. The van der Waals surface area contributed by atoms with Crippen LogP contribution in [0.25, 0.3) is 0 Å². The van der Waals surface area contributed by atoms with E-state index in [9.17, 15) is 0 Å². The molecule has 0 bridgehead atoms. The molecule has 2 aromatic heterocycles. The molecule has 0 amide bonds. The predicted octanol–water partition coefficient (Wildman–Crippen LogP) is 4.23. The van der Waals surface area contributed by atoms with Gasteiger partial charge in [0.1, 0.15) is 5.82 Å². The van der Waals surface area contributed by atoms with Gasteiger partial charge in [0.15, 0.2) is 5.13 Å². The zero-order valence-electron chi connectivity index (χ0n) is 15.4. The summed E-state index contributed by atoms with van der Waals surface area (Å²) in [7, 11) is 2.20. The average molecular weight is 373 g/mol. The van der Waals surface area contributed by atoms with Gasteiger partial charge in [-0.25, -0.2) is 9.97 Å². The van der Waals surface area contributed by atoms with Gasteiger partial charge in [0.25, 0.3) is 0 Å². The van der Waals surface area contributed by atoms with Crippen LogP contribution in [0.2, 0.25) is 0 Å². The summed E-state index contributed by atoms with van der Waals surface area (Å²) in [6.45, 7) is 2.29. The standard InChI is InChI=1S/C19H28N6S/c1-25-10-7-14(8-11-25)16-13-21-18(24-19-20-9-12-26-19)23-17(16)22-15-5-3-2-4-6-15/h9,12-15H,2-8,10-11H2,1H3,(H2,20,21,22,23,24). The van der Waals surface area contributed by atoms with Crippen LogP contribution in [0.4, 0.5) is 16.9 Å². The molecule has 0 spiro atoms. The van der Waals surface area contributed by atoms with E-state index in [1.165, 1.54) is 50.5 Å². The third kappa shape index (κ3) is 4.32. The van der Waals surface area contributed by atoms with E-state index in [1.54, 1.807) is 17.5 Å². The summed E-state index contributed by atoms with van der Waals surface area (Å²) in [6, 6.07) is 0.538. The molecule has 1 saturated carbocycles. The van der Waals surface area contributed by atoms with Gasteiger partial charge >= 0.3 is 0 Å². The number of hydrogen-bond donors (Lipinski definition) is 2. The summed E-state index contributed by atoms with van der Waals surface area (Å²) in [5.74, 6) is 2.21. The molecule has 4 rings (SSSR count). The number of likely N-dealkylation sites (tertiary alicyclic amines) is 1. The van der Waals surface area contributed by atoms with Gasteiger partial charge in [-0.05, 0) is 51.7 Å². The number of nitrogens with zero attached hydrogens (tertiary/aromatic N) is 4. The SMILES string of the molecule is CN1CCC(c2cnc(Nc3nccs3)nc2NC2CCCCC2)CC1. The van der Waals surface area contributed by atoms with Crippen LogP contribution < -0.4 is 10.6 Å². The van der Waals surface area contributed by atoms with Crippen molar-refractivity contribution < 1.29 is 0 Å². The van der Waals surface area contributed by atoms with Gasteiger partial charge < -0.3 is 10.2 Å². The minimum Gasteiger partial charge on any atom is -0.367 e. The summed E-state index contributed by atoms with van der Waals surface area (Å²) in [4.78, 5) is 16.1. The first-order chi connectivity index (χ1) is 12.8. The maximum Gasteiger partial charge on any atom is 0.230 e. The monoisotopic (exact) mass is 372 g/mol. The first kappa shape index (κ1) is 17.7. The Balaban J connectivity index is 1.56. The molecule has 1 aliphatic carbocycles. The van der Waals surface area contributed by atoms with Gasteiger partial charge in [-0.1, -0.05) is 19.3 Å². The van der Waals surface area contributed by atoms with E-state index < -0.39 is 0 Å². The van der Waals surface area contributed by atoms with E-state index in [0.29, 0.717) is 17.9 Å². The summed E-state index contributed by atoms with van der Waals surface area (Å²) >= 11 is 1.56. The lowest BCUT2D eigenvalue weighted by Crippen LogP contribution is -2.30. The van der Waals surface area contributed by atoms with E-state index in [4.69, 9.17) is 4.98 Å². The fourth-order valence-corrected chi connectivity index (χ4v) is 4.53. The Labute approximate surface area is 159 Å². The molecule has 3 heterocycles. The Morgan fingerprint density at radius 3 is 2.62 bits per heavy atom. The van der Waals surface area contributed by atoms with Crippen molar-refractivity contribution in [3.8, 4) is 0 Å². The van der Waals surface area contributed by atoms with Crippen LogP contribution in [-0.2, 0) is 0 Å². The summed E-state index contributed by atoms with van der Waals surface area (Å²) in [5, 5.41) is 9.78. The summed E-state index contributed by atoms with van der Waals surface area (Å²) in [6.07, 6.45) is 12.7. The van der Waals surface area contributed by atoms with Gasteiger partial charge in [0.2, 0.25) is 5.95 Å². The third-order valence-corrected chi connectivity index (χ3v) is 6.26. The molecule has 26 heavy (non-hydrogen) atoms. The smallest absolute Gasteiger partial charge is 0.230 e. The van der Waals surface area contributed by atoms with Crippen molar-refractivity contribution in [2.75, 3.05) is 30.8 Å². The van der Waals surface area contributed by atoms with E-state index >= 15 is 0 Å². The van der Waals surface area contributed by atoms with Gasteiger partial charge in [-0.15, -0.1) is 11.3 Å². The van der Waals surface area contributed by atoms with Gasteiger partial charge in [-0.3, -0.25) is 5.32 Å². The van der Waals surface area contributed by atoms with E-state index in [1.807, 2.05) is 11.6 Å². The molecule has 0 atom stereocenters. The zero-order valence-corrected chi connectivity index (χ0v) is 16.3.